The number of carbonyl (C=O) groups is 4. The van der Waals surface area contributed by atoms with Crippen LogP contribution in [0, 0.1) is 0 Å². The second-order valence-electron chi connectivity index (χ2n) is 7.35. The highest BCUT2D eigenvalue weighted by Crippen LogP contribution is 2.24. The molecule has 0 aromatic heterocycles. The third-order valence-corrected chi connectivity index (χ3v) is 4.16. The molecule has 1 saturated heterocycles. The topological polar surface area (TPSA) is 96.0 Å². The van der Waals surface area contributed by atoms with Gasteiger partial charge in [0, 0.05) is 6.54 Å². The highest BCUT2D eigenvalue weighted by atomic mass is 16.5. The predicted molar refractivity (Wildman–Crippen MR) is 103 cm³/mol. The van der Waals surface area contributed by atoms with Crippen LogP contribution in [-0.4, -0.2) is 59.8 Å². The van der Waals surface area contributed by atoms with Gasteiger partial charge in [-0.15, -0.1) is 6.58 Å². The van der Waals surface area contributed by atoms with Gasteiger partial charge in [0.1, 0.15) is 18.9 Å². The van der Waals surface area contributed by atoms with E-state index in [0.717, 1.165) is 4.90 Å². The van der Waals surface area contributed by atoms with E-state index in [9.17, 15) is 19.2 Å². The second kappa shape index (κ2) is 8.69. The molecule has 8 nitrogen and oxygen atoms in total. The van der Waals surface area contributed by atoms with Crippen LogP contribution in [0.4, 0.5) is 4.79 Å². The van der Waals surface area contributed by atoms with Crippen molar-refractivity contribution in [1.29, 1.82) is 0 Å². The summed E-state index contributed by atoms with van der Waals surface area (Å²) in [4.78, 5) is 48.9. The lowest BCUT2D eigenvalue weighted by Crippen LogP contribution is -2.42. The van der Waals surface area contributed by atoms with Gasteiger partial charge in [0.15, 0.2) is 0 Å². The lowest BCUT2D eigenvalue weighted by molar-refractivity contribution is -0.143. The summed E-state index contributed by atoms with van der Waals surface area (Å²) < 4.78 is 5.57. The van der Waals surface area contributed by atoms with Gasteiger partial charge in [-0.05, 0) is 23.1 Å². The van der Waals surface area contributed by atoms with Crippen LogP contribution in [0.5, 0.6) is 5.75 Å². The van der Waals surface area contributed by atoms with Gasteiger partial charge >= 0.3 is 17.8 Å². The molecular weight excluding hydrogens is 362 g/mol. The van der Waals surface area contributed by atoms with Crippen LogP contribution in [-0.2, 0) is 19.8 Å². The average molecular weight is 387 g/mol. The molecule has 1 heterocycles. The van der Waals surface area contributed by atoms with Crippen molar-refractivity contribution in [2.45, 2.75) is 26.2 Å². The molecule has 1 N–H and O–H groups in total. The lowest BCUT2D eigenvalue weighted by Gasteiger charge is -2.19. The molecule has 0 aliphatic carbocycles. The van der Waals surface area contributed by atoms with Crippen LogP contribution in [0.15, 0.2) is 36.9 Å². The van der Waals surface area contributed by atoms with Crippen LogP contribution >= 0.6 is 0 Å². The molecule has 1 aliphatic heterocycles. The fourth-order valence-corrected chi connectivity index (χ4v) is 2.59. The summed E-state index contributed by atoms with van der Waals surface area (Å²) in [6.07, 6.45) is 1.33. The molecule has 0 saturated carbocycles. The van der Waals surface area contributed by atoms with Gasteiger partial charge in [-0.25, -0.2) is 9.69 Å². The largest absolute Gasteiger partial charge is 0.492 e. The Bertz CT molecular complexity index is 780. The summed E-state index contributed by atoms with van der Waals surface area (Å²) in [5.41, 5.74) is 1.24. The van der Waals surface area contributed by atoms with Gasteiger partial charge in [-0.2, -0.15) is 0 Å². The molecule has 0 unspecified atom stereocenters. The number of hydrogen-bond donors (Lipinski definition) is 1. The van der Waals surface area contributed by atoms with Crippen molar-refractivity contribution in [2.24, 2.45) is 0 Å². The third kappa shape index (κ3) is 4.97. The molecule has 1 aromatic rings. The van der Waals surface area contributed by atoms with Crippen LogP contribution in [0.2, 0.25) is 0 Å². The Hall–Kier alpha value is -3.16. The first-order valence-corrected chi connectivity index (χ1v) is 8.93. The SMILES string of the molecule is C=CCN1C(=O)C(=O)N(CC(=O)NCCOc2ccc(C(C)(C)C)cc2)C1=O. The Labute approximate surface area is 164 Å². The third-order valence-electron chi connectivity index (χ3n) is 4.16. The Morgan fingerprint density at radius 3 is 2.29 bits per heavy atom. The molecule has 1 fully saturated rings. The summed E-state index contributed by atoms with van der Waals surface area (Å²) in [5.74, 6) is -1.85. The number of ether oxygens (including phenoxy) is 1. The summed E-state index contributed by atoms with van der Waals surface area (Å²) in [7, 11) is 0. The minimum Gasteiger partial charge on any atom is -0.492 e. The van der Waals surface area contributed by atoms with Crippen LogP contribution in [0.3, 0.4) is 0 Å². The number of urea groups is 1. The Kier molecular flexibility index (Phi) is 6.56. The van der Waals surface area contributed by atoms with E-state index in [2.05, 4.69) is 32.7 Å². The maximum atomic E-state index is 12.0. The van der Waals surface area contributed by atoms with Gasteiger partial charge in [-0.3, -0.25) is 19.3 Å². The number of rotatable bonds is 8. The number of hydrogen-bond acceptors (Lipinski definition) is 5. The zero-order valence-electron chi connectivity index (χ0n) is 16.4. The molecular formula is C20H25N3O5. The summed E-state index contributed by atoms with van der Waals surface area (Å²) in [6.45, 7) is 9.62. The fraction of sp³-hybridized carbons (Fsp3) is 0.400. The quantitative estimate of drug-likeness (QED) is 0.315. The Balaban J connectivity index is 1.77. The first-order chi connectivity index (χ1) is 13.1. The maximum Gasteiger partial charge on any atom is 0.335 e. The maximum absolute atomic E-state index is 12.0. The smallest absolute Gasteiger partial charge is 0.335 e. The zero-order chi connectivity index (χ0) is 20.9. The summed E-state index contributed by atoms with van der Waals surface area (Å²) in [6, 6.07) is 6.89. The van der Waals surface area contributed by atoms with Crippen molar-refractivity contribution in [2.75, 3.05) is 26.2 Å². The van der Waals surface area contributed by atoms with E-state index in [0.29, 0.717) is 10.6 Å². The number of imide groups is 2. The molecule has 0 atom stereocenters. The molecule has 0 spiro atoms. The van der Waals surface area contributed by atoms with Gasteiger partial charge in [0.05, 0.1) is 6.54 Å². The van der Waals surface area contributed by atoms with Crippen molar-refractivity contribution in [1.82, 2.24) is 15.1 Å². The molecule has 150 valence electrons. The fourth-order valence-electron chi connectivity index (χ4n) is 2.59. The molecule has 2 rings (SSSR count). The van der Waals surface area contributed by atoms with Crippen LogP contribution < -0.4 is 10.1 Å². The van der Waals surface area contributed by atoms with Crippen molar-refractivity contribution < 1.29 is 23.9 Å². The molecule has 0 radical (unpaired) electrons. The van der Waals surface area contributed by atoms with Crippen LogP contribution in [0.1, 0.15) is 26.3 Å². The number of carbonyl (C=O) groups excluding carboxylic acids is 4. The van der Waals surface area contributed by atoms with E-state index in [4.69, 9.17) is 4.74 Å². The van der Waals surface area contributed by atoms with E-state index >= 15 is 0 Å². The van der Waals surface area contributed by atoms with E-state index in [1.807, 2.05) is 24.3 Å². The average Bonchev–Trinajstić information content (AvgIpc) is 2.83. The van der Waals surface area contributed by atoms with Gasteiger partial charge in [0.25, 0.3) is 0 Å². The first-order valence-electron chi connectivity index (χ1n) is 8.93. The second-order valence-corrected chi connectivity index (χ2v) is 7.35. The lowest BCUT2D eigenvalue weighted by atomic mass is 9.87. The van der Waals surface area contributed by atoms with Gasteiger partial charge in [-0.1, -0.05) is 39.0 Å². The number of amides is 5. The monoisotopic (exact) mass is 387 g/mol. The zero-order valence-corrected chi connectivity index (χ0v) is 16.4. The minimum atomic E-state index is -1.02. The molecule has 8 heteroatoms. The number of nitrogens with one attached hydrogen (secondary N) is 1. The van der Waals surface area contributed by atoms with E-state index in [1.54, 1.807) is 0 Å². The van der Waals surface area contributed by atoms with E-state index < -0.39 is 30.3 Å². The molecule has 28 heavy (non-hydrogen) atoms. The van der Waals surface area contributed by atoms with Crippen molar-refractivity contribution in [3.05, 3.63) is 42.5 Å². The highest BCUT2D eigenvalue weighted by molar-refractivity contribution is 6.45. The van der Waals surface area contributed by atoms with E-state index in [-0.39, 0.29) is 25.1 Å². The van der Waals surface area contributed by atoms with Gasteiger partial charge in [0.2, 0.25) is 5.91 Å². The Morgan fingerprint density at radius 1 is 1.11 bits per heavy atom. The number of benzene rings is 1. The molecule has 1 aliphatic rings. The molecule has 5 amide bonds. The molecule has 1 aromatic carbocycles. The summed E-state index contributed by atoms with van der Waals surface area (Å²) in [5, 5.41) is 2.56. The van der Waals surface area contributed by atoms with Crippen molar-refractivity contribution in [3.8, 4) is 5.75 Å². The normalized spacial score (nSPS) is 14.5. The highest BCUT2D eigenvalue weighted by Gasteiger charge is 2.44. The van der Waals surface area contributed by atoms with E-state index in [1.165, 1.54) is 11.6 Å². The van der Waals surface area contributed by atoms with Crippen molar-refractivity contribution >= 4 is 23.8 Å². The molecule has 0 bridgehead atoms. The predicted octanol–water partition coefficient (Wildman–Crippen LogP) is 1.46. The van der Waals surface area contributed by atoms with Gasteiger partial charge < -0.3 is 10.1 Å². The Morgan fingerprint density at radius 2 is 1.71 bits per heavy atom. The van der Waals surface area contributed by atoms with Crippen LogP contribution in [0.25, 0.3) is 0 Å². The first kappa shape index (κ1) is 21.1. The number of nitrogens with zero attached hydrogens (tertiary/aromatic N) is 2. The van der Waals surface area contributed by atoms with Crippen molar-refractivity contribution in [3.63, 3.8) is 0 Å². The standard InChI is InChI=1S/C20H25N3O5/c1-5-11-22-17(25)18(26)23(19(22)27)13-16(24)21-10-12-28-15-8-6-14(7-9-15)20(2,3)4/h5-9H,1,10-13H2,2-4H3,(H,21,24). The summed E-state index contributed by atoms with van der Waals surface area (Å²) >= 11 is 0. The minimum absolute atomic E-state index is 0.0551.